The summed E-state index contributed by atoms with van der Waals surface area (Å²) in [5.41, 5.74) is 0.896. The minimum absolute atomic E-state index is 0.506. The van der Waals surface area contributed by atoms with Gasteiger partial charge in [-0.15, -0.1) is 0 Å². The first-order chi connectivity index (χ1) is 8.06. The molecule has 0 aromatic heterocycles. The Morgan fingerprint density at radius 3 is 2.71 bits per heavy atom. The zero-order valence-electron chi connectivity index (χ0n) is 9.93. The lowest BCUT2D eigenvalue weighted by molar-refractivity contribution is 0.294. The Morgan fingerprint density at radius 1 is 1.24 bits per heavy atom. The summed E-state index contributed by atoms with van der Waals surface area (Å²) in [6.07, 6.45) is 4.42. The molecule has 1 saturated carbocycles. The predicted molar refractivity (Wildman–Crippen MR) is 69.3 cm³/mol. The number of rotatable bonds is 2. The molecule has 0 amide bonds. The van der Waals surface area contributed by atoms with Crippen LogP contribution in [-0.2, 0) is 6.42 Å². The quantitative estimate of drug-likeness (QED) is 0.694. The highest BCUT2D eigenvalue weighted by Gasteiger charge is 2.26. The Morgan fingerprint density at radius 2 is 2.00 bits per heavy atom. The smallest absolute Gasteiger partial charge is 0.159 e. The fourth-order valence-corrected chi connectivity index (χ4v) is 3.31. The van der Waals surface area contributed by atoms with Crippen molar-refractivity contribution in [1.82, 2.24) is 0 Å². The van der Waals surface area contributed by atoms with Gasteiger partial charge in [0.05, 0.1) is 0 Å². The van der Waals surface area contributed by atoms with Crippen LogP contribution < -0.4 is 0 Å². The molecule has 3 heteroatoms. The fourth-order valence-electron chi connectivity index (χ4n) is 2.64. The normalized spacial score (nSPS) is 29.3. The van der Waals surface area contributed by atoms with Crippen LogP contribution in [0.5, 0.6) is 0 Å². The first kappa shape index (κ1) is 13.0. The summed E-state index contributed by atoms with van der Waals surface area (Å²) in [6, 6.07) is 4.24. The minimum atomic E-state index is -0.763. The third kappa shape index (κ3) is 3.27. The summed E-state index contributed by atoms with van der Waals surface area (Å²) < 4.78 is 26.0. The third-order valence-electron chi connectivity index (χ3n) is 3.63. The van der Waals surface area contributed by atoms with Gasteiger partial charge < -0.3 is 0 Å². The summed E-state index contributed by atoms with van der Waals surface area (Å²) in [5.74, 6) is -0.235. The second-order valence-corrected chi connectivity index (χ2v) is 6.32. The van der Waals surface area contributed by atoms with E-state index in [1.54, 1.807) is 6.07 Å². The van der Waals surface area contributed by atoms with E-state index < -0.39 is 11.6 Å². The second kappa shape index (κ2) is 5.47. The fraction of sp³-hybridized carbons (Fsp3) is 0.571. The van der Waals surface area contributed by atoms with Crippen molar-refractivity contribution in [3.05, 3.63) is 35.4 Å². The zero-order valence-corrected chi connectivity index (χ0v) is 11.5. The summed E-state index contributed by atoms with van der Waals surface area (Å²) >= 11 is 3.70. The first-order valence-corrected chi connectivity index (χ1v) is 7.06. The lowest BCUT2D eigenvalue weighted by Crippen LogP contribution is -2.25. The largest absolute Gasteiger partial charge is 0.204 e. The lowest BCUT2D eigenvalue weighted by atomic mass is 9.79. The van der Waals surface area contributed by atoms with Crippen LogP contribution in [0.2, 0.25) is 0 Å². The summed E-state index contributed by atoms with van der Waals surface area (Å²) in [6.45, 7) is 2.26. The van der Waals surface area contributed by atoms with Gasteiger partial charge >= 0.3 is 0 Å². The Labute approximate surface area is 110 Å². The minimum Gasteiger partial charge on any atom is -0.204 e. The van der Waals surface area contributed by atoms with E-state index in [2.05, 4.69) is 22.9 Å². The van der Waals surface area contributed by atoms with Gasteiger partial charge in [-0.05, 0) is 55.2 Å². The van der Waals surface area contributed by atoms with Crippen molar-refractivity contribution in [2.24, 2.45) is 11.8 Å². The monoisotopic (exact) mass is 302 g/mol. The predicted octanol–water partition coefficient (Wildman–Crippen LogP) is 4.71. The molecule has 17 heavy (non-hydrogen) atoms. The van der Waals surface area contributed by atoms with Crippen molar-refractivity contribution in [2.45, 2.75) is 37.4 Å². The van der Waals surface area contributed by atoms with Crippen molar-refractivity contribution in [3.63, 3.8) is 0 Å². The molecule has 1 fully saturated rings. The van der Waals surface area contributed by atoms with Gasteiger partial charge in [-0.3, -0.25) is 0 Å². The molecule has 0 nitrogen and oxygen atoms in total. The third-order valence-corrected chi connectivity index (χ3v) is 4.84. The van der Waals surface area contributed by atoms with Crippen molar-refractivity contribution >= 4 is 15.9 Å². The van der Waals surface area contributed by atoms with E-state index >= 15 is 0 Å². The second-order valence-electron chi connectivity index (χ2n) is 5.15. The summed E-state index contributed by atoms with van der Waals surface area (Å²) in [4.78, 5) is 0.506. The average molecular weight is 303 g/mol. The van der Waals surface area contributed by atoms with E-state index in [0.29, 0.717) is 10.7 Å². The standard InChI is InChI=1S/C14H17BrF2/c1-9-2-4-12(15)11(6-9)7-10-3-5-13(16)14(17)8-10/h3,5,8-9,11-12H,2,4,6-7H2,1H3. The van der Waals surface area contributed by atoms with Gasteiger partial charge in [0.1, 0.15) is 0 Å². The van der Waals surface area contributed by atoms with Gasteiger partial charge in [0, 0.05) is 4.83 Å². The van der Waals surface area contributed by atoms with Crippen LogP contribution in [0.3, 0.4) is 0 Å². The maximum atomic E-state index is 13.1. The van der Waals surface area contributed by atoms with Crippen molar-refractivity contribution in [2.75, 3.05) is 0 Å². The maximum Gasteiger partial charge on any atom is 0.159 e. The van der Waals surface area contributed by atoms with Gasteiger partial charge in [0.2, 0.25) is 0 Å². The number of benzene rings is 1. The molecule has 1 aromatic rings. The number of halogens is 3. The van der Waals surface area contributed by atoms with Crippen molar-refractivity contribution in [3.8, 4) is 0 Å². The van der Waals surface area contributed by atoms with Gasteiger partial charge in [-0.1, -0.05) is 28.9 Å². The van der Waals surface area contributed by atoms with Crippen LogP contribution in [0.1, 0.15) is 31.7 Å². The Bertz CT molecular complexity index is 392. The maximum absolute atomic E-state index is 13.1. The van der Waals surface area contributed by atoms with Gasteiger partial charge in [-0.2, -0.15) is 0 Å². The van der Waals surface area contributed by atoms with Crippen molar-refractivity contribution in [1.29, 1.82) is 0 Å². The zero-order chi connectivity index (χ0) is 12.4. The van der Waals surface area contributed by atoms with Crippen LogP contribution in [0.15, 0.2) is 18.2 Å². The van der Waals surface area contributed by atoms with E-state index in [1.807, 2.05) is 0 Å². The molecule has 3 unspecified atom stereocenters. The molecular formula is C14H17BrF2. The molecule has 1 aromatic carbocycles. The number of hydrogen-bond donors (Lipinski definition) is 0. The molecule has 0 bridgehead atoms. The SMILES string of the molecule is CC1CCC(Br)C(Cc2ccc(F)c(F)c2)C1. The van der Waals surface area contributed by atoms with Crippen LogP contribution in [0, 0.1) is 23.5 Å². The van der Waals surface area contributed by atoms with Crippen molar-refractivity contribution < 1.29 is 8.78 Å². The topological polar surface area (TPSA) is 0 Å². The lowest BCUT2D eigenvalue weighted by Gasteiger charge is -2.31. The molecule has 1 aliphatic carbocycles. The molecule has 0 aliphatic heterocycles. The molecule has 0 heterocycles. The van der Waals surface area contributed by atoms with E-state index in [4.69, 9.17) is 0 Å². The number of hydrogen-bond acceptors (Lipinski definition) is 0. The Kier molecular flexibility index (Phi) is 4.18. The van der Waals surface area contributed by atoms with Gasteiger partial charge in [0.25, 0.3) is 0 Å². The first-order valence-electron chi connectivity index (χ1n) is 6.14. The Hall–Kier alpha value is -0.440. The summed E-state index contributed by atoms with van der Waals surface area (Å²) in [7, 11) is 0. The van der Waals surface area contributed by atoms with Crippen LogP contribution >= 0.6 is 15.9 Å². The van der Waals surface area contributed by atoms with E-state index in [9.17, 15) is 8.78 Å². The molecule has 0 saturated heterocycles. The van der Waals surface area contributed by atoms with Crippen LogP contribution in [-0.4, -0.2) is 4.83 Å². The highest BCUT2D eigenvalue weighted by atomic mass is 79.9. The number of alkyl halides is 1. The molecule has 1 aliphatic rings. The molecule has 3 atom stereocenters. The van der Waals surface area contributed by atoms with Gasteiger partial charge in [-0.25, -0.2) is 8.78 Å². The highest BCUT2D eigenvalue weighted by Crippen LogP contribution is 2.35. The molecule has 2 rings (SSSR count). The molecular weight excluding hydrogens is 286 g/mol. The molecule has 0 radical (unpaired) electrons. The van der Waals surface area contributed by atoms with Gasteiger partial charge in [0.15, 0.2) is 11.6 Å². The summed E-state index contributed by atoms with van der Waals surface area (Å²) in [5, 5.41) is 0. The average Bonchev–Trinajstić information content (AvgIpc) is 2.29. The highest BCUT2D eigenvalue weighted by molar-refractivity contribution is 9.09. The van der Waals surface area contributed by atoms with Crippen LogP contribution in [0.4, 0.5) is 8.78 Å². The molecule has 0 N–H and O–H groups in total. The van der Waals surface area contributed by atoms with Crippen LogP contribution in [0.25, 0.3) is 0 Å². The van der Waals surface area contributed by atoms with E-state index in [0.717, 1.165) is 24.3 Å². The Balaban J connectivity index is 2.06. The molecule has 94 valence electrons. The molecule has 0 spiro atoms. The van der Waals surface area contributed by atoms with E-state index in [-0.39, 0.29) is 0 Å². The van der Waals surface area contributed by atoms with E-state index in [1.165, 1.54) is 25.0 Å².